The average molecular weight is 296 g/mol. The number of amides is 2. The summed E-state index contributed by atoms with van der Waals surface area (Å²) < 4.78 is 0. The summed E-state index contributed by atoms with van der Waals surface area (Å²) in [7, 11) is 0. The van der Waals surface area contributed by atoms with Crippen molar-refractivity contribution in [3.63, 3.8) is 0 Å². The van der Waals surface area contributed by atoms with E-state index in [1.54, 1.807) is 18.5 Å². The molecule has 0 aromatic carbocycles. The van der Waals surface area contributed by atoms with Crippen LogP contribution in [0.2, 0.25) is 0 Å². The molecule has 20 heavy (non-hydrogen) atoms. The second-order valence-corrected chi connectivity index (χ2v) is 5.39. The Labute approximate surface area is 123 Å². The third-order valence-corrected chi connectivity index (χ3v) is 3.25. The van der Waals surface area contributed by atoms with E-state index >= 15 is 0 Å². The van der Waals surface area contributed by atoms with Crippen LogP contribution in [0.25, 0.3) is 0 Å². The maximum Gasteiger partial charge on any atom is 0.239 e. The van der Waals surface area contributed by atoms with Crippen LogP contribution in [-0.2, 0) is 9.59 Å². The Kier molecular flexibility index (Phi) is 7.00. The van der Waals surface area contributed by atoms with Gasteiger partial charge in [0.1, 0.15) is 0 Å². The molecule has 2 amide bonds. The van der Waals surface area contributed by atoms with Crippen molar-refractivity contribution in [1.82, 2.24) is 20.2 Å². The molecule has 0 saturated heterocycles. The zero-order valence-electron chi connectivity index (χ0n) is 12.0. The van der Waals surface area contributed by atoms with Crippen LogP contribution < -0.4 is 5.32 Å². The average Bonchev–Trinajstić information content (AvgIpc) is 2.42. The van der Waals surface area contributed by atoms with E-state index in [0.717, 1.165) is 0 Å². The molecule has 1 aromatic rings. The van der Waals surface area contributed by atoms with Crippen molar-refractivity contribution >= 4 is 23.6 Å². The molecule has 6 nitrogen and oxygen atoms in total. The minimum atomic E-state index is -0.142. The number of likely N-dealkylation sites (N-methyl/N-ethyl adjacent to an activating group) is 1. The fraction of sp³-hybridized carbons (Fsp3) is 0.538. The van der Waals surface area contributed by atoms with Gasteiger partial charge in [0.15, 0.2) is 5.16 Å². The largest absolute Gasteiger partial charge is 0.352 e. The van der Waals surface area contributed by atoms with Gasteiger partial charge in [0.05, 0.1) is 12.3 Å². The number of nitrogens with one attached hydrogen (secondary N) is 1. The molecule has 0 aliphatic rings. The van der Waals surface area contributed by atoms with E-state index in [0.29, 0.717) is 11.7 Å². The fourth-order valence-electron chi connectivity index (χ4n) is 1.49. The van der Waals surface area contributed by atoms with Gasteiger partial charge < -0.3 is 10.2 Å². The number of hydrogen-bond donors (Lipinski definition) is 1. The number of rotatable bonds is 7. The zero-order valence-corrected chi connectivity index (χ0v) is 12.8. The molecule has 1 aromatic heterocycles. The monoisotopic (exact) mass is 296 g/mol. The summed E-state index contributed by atoms with van der Waals surface area (Å²) in [5.41, 5.74) is 0. The van der Waals surface area contributed by atoms with Crippen LogP contribution in [-0.4, -0.2) is 51.6 Å². The van der Waals surface area contributed by atoms with Crippen molar-refractivity contribution in [2.45, 2.75) is 32.0 Å². The van der Waals surface area contributed by atoms with E-state index < -0.39 is 0 Å². The van der Waals surface area contributed by atoms with Crippen molar-refractivity contribution < 1.29 is 9.59 Å². The van der Waals surface area contributed by atoms with Crippen LogP contribution in [0.15, 0.2) is 23.6 Å². The maximum absolute atomic E-state index is 12.0. The molecule has 0 radical (unpaired) electrons. The summed E-state index contributed by atoms with van der Waals surface area (Å²) in [4.78, 5) is 33.3. The number of thioether (sulfide) groups is 1. The quantitative estimate of drug-likeness (QED) is 0.599. The molecule has 0 fully saturated rings. The molecule has 0 aliphatic heterocycles. The highest BCUT2D eigenvalue weighted by atomic mass is 32.2. The summed E-state index contributed by atoms with van der Waals surface area (Å²) in [6.07, 6.45) is 3.26. The summed E-state index contributed by atoms with van der Waals surface area (Å²) >= 11 is 1.27. The van der Waals surface area contributed by atoms with Crippen LogP contribution in [0.1, 0.15) is 20.8 Å². The molecular weight excluding hydrogens is 276 g/mol. The van der Waals surface area contributed by atoms with Gasteiger partial charge >= 0.3 is 0 Å². The zero-order chi connectivity index (χ0) is 15.0. The van der Waals surface area contributed by atoms with Gasteiger partial charge in [-0.3, -0.25) is 9.59 Å². The van der Waals surface area contributed by atoms with Crippen LogP contribution in [0, 0.1) is 0 Å². The lowest BCUT2D eigenvalue weighted by atomic mass is 10.3. The molecule has 0 atom stereocenters. The number of carbonyl (C=O) groups is 2. The first-order valence-corrected chi connectivity index (χ1v) is 7.48. The smallest absolute Gasteiger partial charge is 0.239 e. The molecule has 7 heteroatoms. The minimum Gasteiger partial charge on any atom is -0.352 e. The van der Waals surface area contributed by atoms with Crippen molar-refractivity contribution in [1.29, 1.82) is 0 Å². The van der Waals surface area contributed by atoms with E-state index in [2.05, 4.69) is 15.3 Å². The van der Waals surface area contributed by atoms with E-state index in [1.807, 2.05) is 20.8 Å². The second-order valence-electron chi connectivity index (χ2n) is 4.45. The highest BCUT2D eigenvalue weighted by Gasteiger charge is 2.16. The molecule has 0 spiro atoms. The van der Waals surface area contributed by atoms with Gasteiger partial charge in [-0.05, 0) is 26.8 Å². The normalized spacial score (nSPS) is 10.4. The van der Waals surface area contributed by atoms with Gasteiger partial charge in [0.2, 0.25) is 11.8 Å². The molecule has 1 heterocycles. The Hall–Kier alpha value is -1.63. The standard InChI is InChI=1S/C13H20N4O2S/c1-4-17(8-11(18)16-10(2)3)12(19)9-20-13-14-6-5-7-15-13/h5-7,10H,4,8-9H2,1-3H3,(H,16,18). The van der Waals surface area contributed by atoms with E-state index in [-0.39, 0.29) is 30.2 Å². The predicted molar refractivity (Wildman–Crippen MR) is 78.3 cm³/mol. The Morgan fingerprint density at radius 3 is 2.55 bits per heavy atom. The van der Waals surface area contributed by atoms with Crippen LogP contribution in [0.5, 0.6) is 0 Å². The van der Waals surface area contributed by atoms with Gasteiger partial charge in [0.25, 0.3) is 0 Å². The number of hydrogen-bond acceptors (Lipinski definition) is 5. The molecule has 0 bridgehead atoms. The van der Waals surface area contributed by atoms with E-state index in [9.17, 15) is 9.59 Å². The summed E-state index contributed by atoms with van der Waals surface area (Å²) in [5.74, 6) is -0.00711. The van der Waals surface area contributed by atoms with Crippen LogP contribution in [0.3, 0.4) is 0 Å². The lowest BCUT2D eigenvalue weighted by molar-refractivity contribution is -0.134. The van der Waals surface area contributed by atoms with Crippen molar-refractivity contribution in [3.8, 4) is 0 Å². The maximum atomic E-state index is 12.0. The Morgan fingerprint density at radius 1 is 1.35 bits per heavy atom. The lowest BCUT2D eigenvalue weighted by Gasteiger charge is -2.20. The minimum absolute atomic E-state index is 0.0726. The van der Waals surface area contributed by atoms with Crippen molar-refractivity contribution in [2.75, 3.05) is 18.8 Å². The first kappa shape index (κ1) is 16.4. The first-order valence-electron chi connectivity index (χ1n) is 6.49. The highest BCUT2D eigenvalue weighted by molar-refractivity contribution is 7.99. The van der Waals surface area contributed by atoms with E-state index in [1.165, 1.54) is 16.7 Å². The van der Waals surface area contributed by atoms with Crippen LogP contribution >= 0.6 is 11.8 Å². The Balaban J connectivity index is 2.44. The Morgan fingerprint density at radius 2 is 2.00 bits per heavy atom. The van der Waals surface area contributed by atoms with Gasteiger partial charge in [-0.2, -0.15) is 0 Å². The number of carbonyl (C=O) groups excluding carboxylic acids is 2. The fourth-order valence-corrected chi connectivity index (χ4v) is 2.20. The van der Waals surface area contributed by atoms with Crippen molar-refractivity contribution in [2.24, 2.45) is 0 Å². The van der Waals surface area contributed by atoms with E-state index in [4.69, 9.17) is 0 Å². The third-order valence-electron chi connectivity index (χ3n) is 2.39. The SMILES string of the molecule is CCN(CC(=O)NC(C)C)C(=O)CSc1ncccn1. The topological polar surface area (TPSA) is 75.2 Å². The molecule has 0 aliphatic carbocycles. The van der Waals surface area contributed by atoms with Gasteiger partial charge in [-0.25, -0.2) is 9.97 Å². The van der Waals surface area contributed by atoms with Gasteiger partial charge in [-0.15, -0.1) is 0 Å². The summed E-state index contributed by atoms with van der Waals surface area (Å²) in [6, 6.07) is 1.80. The first-order chi connectivity index (χ1) is 9.52. The number of nitrogens with zero attached hydrogens (tertiary/aromatic N) is 3. The molecule has 0 unspecified atom stereocenters. The lowest BCUT2D eigenvalue weighted by Crippen LogP contribution is -2.43. The van der Waals surface area contributed by atoms with Gasteiger partial charge in [-0.1, -0.05) is 11.8 Å². The van der Waals surface area contributed by atoms with Crippen LogP contribution in [0.4, 0.5) is 0 Å². The third kappa shape index (κ3) is 6.01. The molecule has 110 valence electrons. The second kappa shape index (κ2) is 8.52. The summed E-state index contributed by atoms with van der Waals surface area (Å²) in [5, 5.41) is 3.33. The van der Waals surface area contributed by atoms with Gasteiger partial charge in [0, 0.05) is 25.0 Å². The Bertz CT molecular complexity index is 439. The molecule has 1 N–H and O–H groups in total. The number of aromatic nitrogens is 2. The van der Waals surface area contributed by atoms with Crippen molar-refractivity contribution in [3.05, 3.63) is 18.5 Å². The summed E-state index contributed by atoms with van der Waals surface area (Å²) in [6.45, 7) is 6.21. The highest BCUT2D eigenvalue weighted by Crippen LogP contribution is 2.11. The predicted octanol–water partition coefficient (Wildman–Crippen LogP) is 0.942. The molecule has 1 rings (SSSR count). The molecule has 0 saturated carbocycles. The molecular formula is C13H20N4O2S.